The number of rotatable bonds is 17. The van der Waals surface area contributed by atoms with E-state index in [2.05, 4.69) is 73.9 Å². The zero-order chi connectivity index (χ0) is 42.4. The summed E-state index contributed by atoms with van der Waals surface area (Å²) in [6.07, 6.45) is 4.55. The summed E-state index contributed by atoms with van der Waals surface area (Å²) < 4.78 is 35.0. The minimum Gasteiger partial charge on any atom is -0.479 e. The van der Waals surface area contributed by atoms with Gasteiger partial charge in [0.25, 0.3) is 0 Å². The third-order valence-electron chi connectivity index (χ3n) is 11.5. The molecule has 14 heteroatoms. The van der Waals surface area contributed by atoms with Crippen molar-refractivity contribution in [3.05, 3.63) is 146 Å². The van der Waals surface area contributed by atoms with Crippen LogP contribution in [-0.2, 0) is 29.9 Å². The summed E-state index contributed by atoms with van der Waals surface area (Å²) in [6, 6.07) is 33.9. The maximum Gasteiger partial charge on any atom is 0.340 e. The number of aliphatic carboxylic acids is 1. The topological polar surface area (TPSA) is 151 Å². The minimum atomic E-state index is -4.59. The van der Waals surface area contributed by atoms with Crippen LogP contribution in [0.4, 0.5) is 5.69 Å². The van der Waals surface area contributed by atoms with Gasteiger partial charge in [-0.25, -0.2) is 18.2 Å². The molecule has 1 saturated heterocycles. The fourth-order valence-corrected chi connectivity index (χ4v) is 12.1. The second kappa shape index (κ2) is 19.0. The Balaban J connectivity index is 1.49. The van der Waals surface area contributed by atoms with Crippen molar-refractivity contribution in [1.29, 1.82) is 0 Å². The van der Waals surface area contributed by atoms with Crippen LogP contribution >= 0.6 is 38.5 Å². The van der Waals surface area contributed by atoms with Crippen molar-refractivity contribution in [2.45, 2.75) is 81.3 Å². The molecule has 1 fully saturated rings. The van der Waals surface area contributed by atoms with Crippen LogP contribution in [0.15, 0.2) is 119 Å². The maximum atomic E-state index is 14.6. The number of sulfonamides is 1. The first kappa shape index (κ1) is 44.3. The molecule has 310 valence electrons. The van der Waals surface area contributed by atoms with Gasteiger partial charge in [0.1, 0.15) is 16.7 Å². The Kier molecular flexibility index (Phi) is 14.3. The molecule has 0 saturated carbocycles. The number of piperidine rings is 1. The number of carboxylic acids is 1. The highest BCUT2D eigenvalue weighted by atomic mass is 127. The average Bonchev–Trinajstić information content (AvgIpc) is 3.62. The third-order valence-corrected chi connectivity index (χ3v) is 14.3. The molecule has 5 aromatic rings. The molecule has 0 spiro atoms. The Bertz CT molecular complexity index is 2290. The first-order valence-corrected chi connectivity index (χ1v) is 23.1. The van der Waals surface area contributed by atoms with Crippen LogP contribution in [0.2, 0.25) is 0 Å². The summed E-state index contributed by atoms with van der Waals surface area (Å²) in [7, 11) is -4.59. The van der Waals surface area contributed by atoms with Gasteiger partial charge in [0.15, 0.2) is 5.66 Å². The SMILES string of the molecule is CCC(=O)Nc1c(I)cc(Br)cc1S(=O)(=O)NC1(C(=O)O)CC(CC)C(c2ncn(C(c3ccccc3)(c3ccccc3)c3ccccc3)c2C)CN1CCCCC=O. The molecular formula is C45H49BrIN5O6S. The fourth-order valence-electron chi connectivity index (χ4n) is 8.59. The van der Waals surface area contributed by atoms with E-state index >= 15 is 0 Å². The summed E-state index contributed by atoms with van der Waals surface area (Å²) in [4.78, 5) is 44.3. The van der Waals surface area contributed by atoms with E-state index in [4.69, 9.17) is 4.98 Å². The lowest BCUT2D eigenvalue weighted by molar-refractivity contribution is -0.158. The second-order valence-electron chi connectivity index (χ2n) is 14.9. The maximum absolute atomic E-state index is 14.6. The number of hydrogen-bond acceptors (Lipinski definition) is 7. The van der Waals surface area contributed by atoms with Crippen LogP contribution in [-0.4, -0.2) is 64.9 Å². The van der Waals surface area contributed by atoms with Gasteiger partial charge in [0.05, 0.1) is 17.7 Å². The largest absolute Gasteiger partial charge is 0.479 e. The number of aromatic nitrogens is 2. The van der Waals surface area contributed by atoms with Gasteiger partial charge in [-0.1, -0.05) is 127 Å². The number of nitrogens with one attached hydrogen (secondary N) is 2. The molecule has 3 atom stereocenters. The van der Waals surface area contributed by atoms with Crippen LogP contribution in [0.25, 0.3) is 0 Å². The average molecular weight is 995 g/mol. The number of carbonyl (C=O) groups is 3. The number of nitrogens with zero attached hydrogens (tertiary/aromatic N) is 3. The highest BCUT2D eigenvalue weighted by Crippen LogP contribution is 2.46. The molecule has 1 amide bonds. The van der Waals surface area contributed by atoms with E-state index in [-0.39, 0.29) is 54.3 Å². The molecule has 0 bridgehead atoms. The molecule has 2 heterocycles. The summed E-state index contributed by atoms with van der Waals surface area (Å²) >= 11 is 5.36. The van der Waals surface area contributed by atoms with Crippen LogP contribution in [0.5, 0.6) is 0 Å². The summed E-state index contributed by atoms with van der Waals surface area (Å²) in [6.45, 7) is 6.08. The number of amides is 1. The van der Waals surface area contributed by atoms with Gasteiger partial charge in [-0.05, 0) is 83.5 Å². The number of unbranched alkanes of at least 4 members (excludes halogenated alkanes) is 2. The molecule has 3 N–H and O–H groups in total. The van der Waals surface area contributed by atoms with Gasteiger partial charge < -0.3 is 19.8 Å². The van der Waals surface area contributed by atoms with Crippen molar-refractivity contribution < 1.29 is 27.9 Å². The number of likely N-dealkylation sites (tertiary alicyclic amines) is 1. The van der Waals surface area contributed by atoms with Crippen molar-refractivity contribution in [3.63, 3.8) is 0 Å². The van der Waals surface area contributed by atoms with E-state index < -0.39 is 27.2 Å². The number of anilines is 1. The molecule has 0 radical (unpaired) electrons. The standard InChI is InChI=1S/C45H49BrIN5O6S/c1-4-32-28-44(43(55)56,50-59(57,58)39-27-36(46)26-38(47)42(39)49-40(54)5-2)51(24-16-9-17-25-53)29-37(32)41-31(3)52(30-48-41)45(33-18-10-6-11-19-33,34-20-12-7-13-21-34)35-22-14-8-15-23-35/h6-8,10-15,18-23,25-27,30,32,37,50H,4-5,9,16-17,24,28-29H2,1-3H3,(H,49,54)(H,55,56). The minimum absolute atomic E-state index is 0.0638. The normalized spacial score (nSPS) is 18.7. The Labute approximate surface area is 368 Å². The van der Waals surface area contributed by atoms with Crippen LogP contribution in [0.3, 0.4) is 0 Å². The van der Waals surface area contributed by atoms with Crippen LogP contribution in [0, 0.1) is 16.4 Å². The number of carbonyl (C=O) groups excluding carboxylic acids is 2. The number of carboxylic acid groups (broad SMARTS) is 1. The van der Waals surface area contributed by atoms with Gasteiger partial charge in [-0.3, -0.25) is 9.69 Å². The van der Waals surface area contributed by atoms with E-state index in [1.807, 2.05) is 90.4 Å². The van der Waals surface area contributed by atoms with Gasteiger partial charge in [0, 0.05) is 45.6 Å². The van der Waals surface area contributed by atoms with Crippen LogP contribution < -0.4 is 10.0 Å². The number of imidazole rings is 1. The predicted octanol–water partition coefficient (Wildman–Crippen LogP) is 8.69. The summed E-state index contributed by atoms with van der Waals surface area (Å²) in [5.74, 6) is -2.32. The van der Waals surface area contributed by atoms with Crippen molar-refractivity contribution in [2.75, 3.05) is 18.4 Å². The Morgan fingerprint density at radius 2 is 1.54 bits per heavy atom. The van der Waals surface area contributed by atoms with Crippen LogP contribution in [0.1, 0.15) is 86.4 Å². The summed E-state index contributed by atoms with van der Waals surface area (Å²) in [5, 5.41) is 13.9. The fraction of sp³-hybridized carbons (Fsp3) is 0.333. The molecule has 3 unspecified atom stereocenters. The monoisotopic (exact) mass is 993 g/mol. The van der Waals surface area contributed by atoms with E-state index in [1.165, 1.54) is 6.07 Å². The molecule has 1 aliphatic heterocycles. The lowest BCUT2D eigenvalue weighted by Crippen LogP contribution is -2.69. The lowest BCUT2D eigenvalue weighted by atomic mass is 9.74. The molecule has 6 rings (SSSR count). The van der Waals surface area contributed by atoms with Crippen molar-refractivity contribution in [1.82, 2.24) is 19.2 Å². The Hall–Kier alpha value is -4.22. The number of hydrogen-bond donors (Lipinski definition) is 3. The van der Waals surface area contributed by atoms with E-state index in [1.54, 1.807) is 17.9 Å². The van der Waals surface area contributed by atoms with Gasteiger partial charge in [0.2, 0.25) is 15.9 Å². The number of benzene rings is 4. The van der Waals surface area contributed by atoms with Crippen molar-refractivity contribution in [2.24, 2.45) is 5.92 Å². The van der Waals surface area contributed by atoms with Gasteiger partial charge in [-0.15, -0.1) is 0 Å². The van der Waals surface area contributed by atoms with E-state index in [0.29, 0.717) is 33.7 Å². The summed E-state index contributed by atoms with van der Waals surface area (Å²) in [5.41, 5.74) is 2.00. The zero-order valence-electron chi connectivity index (χ0n) is 33.3. The van der Waals surface area contributed by atoms with E-state index in [9.17, 15) is 27.9 Å². The quantitative estimate of drug-likeness (QED) is 0.0363. The second-order valence-corrected chi connectivity index (χ2v) is 18.6. The number of aldehydes is 1. The molecular weight excluding hydrogens is 945 g/mol. The van der Waals surface area contributed by atoms with Crippen molar-refractivity contribution in [3.8, 4) is 0 Å². The first-order chi connectivity index (χ1) is 28.3. The van der Waals surface area contributed by atoms with E-state index in [0.717, 1.165) is 34.4 Å². The highest BCUT2D eigenvalue weighted by Gasteiger charge is 2.55. The molecule has 59 heavy (non-hydrogen) atoms. The lowest BCUT2D eigenvalue weighted by Gasteiger charge is -2.50. The van der Waals surface area contributed by atoms with Gasteiger partial charge >= 0.3 is 5.97 Å². The smallest absolute Gasteiger partial charge is 0.340 e. The first-order valence-electron chi connectivity index (χ1n) is 19.8. The number of halogens is 2. The molecule has 4 aromatic carbocycles. The van der Waals surface area contributed by atoms with Gasteiger partial charge in [-0.2, -0.15) is 4.72 Å². The molecule has 1 aliphatic rings. The Morgan fingerprint density at radius 3 is 2.05 bits per heavy atom. The highest BCUT2D eigenvalue weighted by molar-refractivity contribution is 14.1. The molecule has 0 aliphatic carbocycles. The third kappa shape index (κ3) is 8.83. The zero-order valence-corrected chi connectivity index (χ0v) is 37.8. The Morgan fingerprint density at radius 1 is 0.966 bits per heavy atom. The predicted molar refractivity (Wildman–Crippen MR) is 241 cm³/mol. The molecule has 11 nitrogen and oxygen atoms in total. The van der Waals surface area contributed by atoms with Crippen molar-refractivity contribution >= 4 is 72.4 Å². The molecule has 1 aromatic heterocycles.